The van der Waals surface area contributed by atoms with Gasteiger partial charge in [-0.25, -0.2) is 9.18 Å². The van der Waals surface area contributed by atoms with Crippen molar-refractivity contribution >= 4 is 11.9 Å². The molecule has 0 radical (unpaired) electrons. The maximum absolute atomic E-state index is 13.6. The van der Waals surface area contributed by atoms with Crippen LogP contribution >= 0.6 is 0 Å². The Balaban J connectivity index is 1.54. The summed E-state index contributed by atoms with van der Waals surface area (Å²) < 4.78 is 18.7. The van der Waals surface area contributed by atoms with Crippen LogP contribution in [0.2, 0.25) is 0 Å². The van der Waals surface area contributed by atoms with E-state index in [1.165, 1.54) is 6.07 Å². The minimum absolute atomic E-state index is 0.0400. The summed E-state index contributed by atoms with van der Waals surface area (Å²) in [4.78, 5) is 27.3. The Morgan fingerprint density at radius 1 is 1.42 bits per heavy atom. The van der Waals surface area contributed by atoms with Gasteiger partial charge >= 0.3 is 5.97 Å². The van der Waals surface area contributed by atoms with Crippen molar-refractivity contribution < 1.29 is 23.6 Å². The predicted molar refractivity (Wildman–Crippen MR) is 89.7 cm³/mol. The van der Waals surface area contributed by atoms with Crippen LogP contribution in [-0.4, -0.2) is 33.2 Å². The third kappa shape index (κ3) is 4.65. The molecule has 3 rings (SSSR count). The van der Waals surface area contributed by atoms with Crippen molar-refractivity contribution in [1.82, 2.24) is 15.5 Å². The van der Waals surface area contributed by atoms with Crippen molar-refractivity contribution in [3.05, 3.63) is 35.5 Å². The van der Waals surface area contributed by atoms with Crippen molar-refractivity contribution in [3.63, 3.8) is 0 Å². The molecule has 1 aliphatic carbocycles. The van der Waals surface area contributed by atoms with Crippen LogP contribution < -0.4 is 5.32 Å². The molecule has 1 atom stereocenters. The fraction of sp³-hybridized carbons (Fsp3) is 0.444. The molecule has 26 heavy (non-hydrogen) atoms. The first-order chi connectivity index (χ1) is 12.4. The van der Waals surface area contributed by atoms with Gasteiger partial charge in [0.1, 0.15) is 11.9 Å². The molecule has 1 aromatic heterocycles. The number of hydrogen-bond donors (Lipinski definition) is 2. The second kappa shape index (κ2) is 7.63. The molecule has 1 aliphatic rings. The number of benzene rings is 1. The summed E-state index contributed by atoms with van der Waals surface area (Å²) in [5, 5.41) is 15.5. The molecule has 0 aliphatic heterocycles. The normalized spacial score (nSPS) is 14.8. The van der Waals surface area contributed by atoms with Crippen LogP contribution in [0, 0.1) is 18.7 Å². The van der Waals surface area contributed by atoms with Crippen LogP contribution in [0.3, 0.4) is 0 Å². The number of carbonyl (C=O) groups excluding carboxylic acids is 1. The Morgan fingerprint density at radius 2 is 2.19 bits per heavy atom. The van der Waals surface area contributed by atoms with Crippen LogP contribution in [0.1, 0.15) is 37.1 Å². The minimum Gasteiger partial charge on any atom is -0.480 e. The number of carboxylic acid groups (broad SMARTS) is 1. The van der Waals surface area contributed by atoms with E-state index in [4.69, 9.17) is 9.63 Å². The number of amides is 1. The van der Waals surface area contributed by atoms with Gasteiger partial charge in [0.2, 0.25) is 17.6 Å². The zero-order valence-corrected chi connectivity index (χ0v) is 14.4. The number of aliphatic carboxylic acids is 1. The Kier molecular flexibility index (Phi) is 5.29. The highest BCUT2D eigenvalue weighted by molar-refractivity contribution is 5.83. The monoisotopic (exact) mass is 361 g/mol. The second-order valence-corrected chi connectivity index (χ2v) is 6.61. The topological polar surface area (TPSA) is 105 Å². The average Bonchev–Trinajstić information content (AvgIpc) is 3.29. The number of nitrogens with one attached hydrogen (secondary N) is 1. The van der Waals surface area contributed by atoms with E-state index >= 15 is 0 Å². The number of halogens is 1. The van der Waals surface area contributed by atoms with Crippen molar-refractivity contribution in [2.45, 2.75) is 45.1 Å². The molecule has 2 aromatic rings. The van der Waals surface area contributed by atoms with Gasteiger partial charge in [-0.15, -0.1) is 0 Å². The summed E-state index contributed by atoms with van der Waals surface area (Å²) in [6, 6.07) is 3.78. The maximum Gasteiger partial charge on any atom is 0.326 e. The van der Waals surface area contributed by atoms with Crippen LogP contribution in [0.4, 0.5) is 4.39 Å². The lowest BCUT2D eigenvalue weighted by Crippen LogP contribution is -2.41. The molecule has 1 aromatic carbocycles. The summed E-state index contributed by atoms with van der Waals surface area (Å²) in [5.41, 5.74) is 1.01. The second-order valence-electron chi connectivity index (χ2n) is 6.61. The highest BCUT2D eigenvalue weighted by Gasteiger charge is 2.30. The smallest absolute Gasteiger partial charge is 0.326 e. The van der Waals surface area contributed by atoms with E-state index in [1.54, 1.807) is 19.1 Å². The van der Waals surface area contributed by atoms with Gasteiger partial charge in [0.05, 0.1) is 0 Å². The quantitative estimate of drug-likeness (QED) is 0.748. The molecule has 0 bridgehead atoms. The Labute approximate surface area is 149 Å². The van der Waals surface area contributed by atoms with Gasteiger partial charge in [-0.1, -0.05) is 30.1 Å². The number of aryl methyl sites for hydroxylation is 2. The summed E-state index contributed by atoms with van der Waals surface area (Å²) in [7, 11) is 0. The molecule has 7 nitrogen and oxygen atoms in total. The molecule has 1 amide bonds. The van der Waals surface area contributed by atoms with E-state index in [9.17, 15) is 14.0 Å². The van der Waals surface area contributed by atoms with Gasteiger partial charge in [-0.05, 0) is 30.9 Å². The van der Waals surface area contributed by atoms with Crippen molar-refractivity contribution in [2.75, 3.05) is 0 Å². The first kappa shape index (κ1) is 18.0. The zero-order chi connectivity index (χ0) is 18.7. The number of hydrogen-bond acceptors (Lipinski definition) is 5. The predicted octanol–water partition coefficient (Wildman–Crippen LogP) is 2.49. The number of nitrogens with zero attached hydrogens (tertiary/aromatic N) is 2. The lowest BCUT2D eigenvalue weighted by molar-refractivity contribution is -0.142. The molecule has 138 valence electrons. The molecule has 1 saturated carbocycles. The van der Waals surface area contributed by atoms with Crippen molar-refractivity contribution in [2.24, 2.45) is 5.92 Å². The molecule has 1 heterocycles. The zero-order valence-electron chi connectivity index (χ0n) is 14.4. The van der Waals surface area contributed by atoms with Crippen molar-refractivity contribution in [3.8, 4) is 11.4 Å². The molecular weight excluding hydrogens is 341 g/mol. The molecular formula is C18H20FN3O4. The fourth-order valence-electron chi connectivity index (χ4n) is 2.60. The maximum atomic E-state index is 13.6. The SMILES string of the molecule is Cc1ccc(-c2noc(CCC(=O)NC(CC3CC3)C(=O)O)n2)cc1F. The highest BCUT2D eigenvalue weighted by Crippen LogP contribution is 2.33. The standard InChI is InChI=1S/C18H20FN3O4/c1-10-2-5-12(9-13(10)19)17-21-16(26-22-17)7-6-15(23)20-14(18(24)25)8-11-3-4-11/h2,5,9,11,14H,3-4,6-8H2,1H3,(H,20,23)(H,24,25). The van der Waals surface area contributed by atoms with Gasteiger partial charge in [0.25, 0.3) is 0 Å². The van der Waals surface area contributed by atoms with Gasteiger partial charge in [0, 0.05) is 18.4 Å². The molecule has 8 heteroatoms. The average molecular weight is 361 g/mol. The Hall–Kier alpha value is -2.77. The number of carbonyl (C=O) groups is 2. The largest absolute Gasteiger partial charge is 0.480 e. The number of rotatable bonds is 8. The molecule has 1 unspecified atom stereocenters. The van der Waals surface area contributed by atoms with Gasteiger partial charge in [-0.2, -0.15) is 4.98 Å². The van der Waals surface area contributed by atoms with E-state index in [-0.39, 0.29) is 36.3 Å². The third-order valence-electron chi connectivity index (χ3n) is 4.36. The van der Waals surface area contributed by atoms with E-state index in [0.717, 1.165) is 12.8 Å². The van der Waals surface area contributed by atoms with Crippen LogP contribution in [0.5, 0.6) is 0 Å². The molecule has 1 fully saturated rings. The van der Waals surface area contributed by atoms with Gasteiger partial charge < -0.3 is 14.9 Å². The first-order valence-electron chi connectivity index (χ1n) is 8.53. The van der Waals surface area contributed by atoms with Gasteiger partial charge in [0.15, 0.2) is 0 Å². The lowest BCUT2D eigenvalue weighted by atomic mass is 10.1. The van der Waals surface area contributed by atoms with Crippen LogP contribution in [-0.2, 0) is 16.0 Å². The summed E-state index contributed by atoms with van der Waals surface area (Å²) in [6.07, 6.45) is 2.72. The molecule has 0 saturated heterocycles. The van der Waals surface area contributed by atoms with Crippen LogP contribution in [0.15, 0.2) is 22.7 Å². The third-order valence-corrected chi connectivity index (χ3v) is 4.36. The Bertz CT molecular complexity index is 817. The Morgan fingerprint density at radius 3 is 2.85 bits per heavy atom. The molecule has 2 N–H and O–H groups in total. The number of aromatic nitrogens is 2. The van der Waals surface area contributed by atoms with Crippen molar-refractivity contribution in [1.29, 1.82) is 0 Å². The number of carboxylic acids is 1. The van der Waals surface area contributed by atoms with Gasteiger partial charge in [-0.3, -0.25) is 4.79 Å². The molecule has 0 spiro atoms. The summed E-state index contributed by atoms with van der Waals surface area (Å²) in [5.74, 6) is -0.874. The van der Waals surface area contributed by atoms with Crippen LogP contribution in [0.25, 0.3) is 11.4 Å². The minimum atomic E-state index is -1.02. The first-order valence-corrected chi connectivity index (χ1v) is 8.53. The van der Waals surface area contributed by atoms with E-state index in [1.807, 2.05) is 0 Å². The van der Waals surface area contributed by atoms with E-state index in [2.05, 4.69) is 15.5 Å². The fourth-order valence-corrected chi connectivity index (χ4v) is 2.60. The van der Waals surface area contributed by atoms with E-state index in [0.29, 0.717) is 23.5 Å². The lowest BCUT2D eigenvalue weighted by Gasteiger charge is -2.13. The summed E-state index contributed by atoms with van der Waals surface area (Å²) in [6.45, 7) is 1.66. The summed E-state index contributed by atoms with van der Waals surface area (Å²) >= 11 is 0. The van der Waals surface area contributed by atoms with E-state index < -0.39 is 12.0 Å². The highest BCUT2D eigenvalue weighted by atomic mass is 19.1.